The molecule has 57 heavy (non-hydrogen) atoms. The van der Waals surface area contributed by atoms with Gasteiger partial charge in [-0.1, -0.05) is 152 Å². The minimum atomic E-state index is 1.11. The molecule has 2 nitrogen and oxygen atoms in total. The summed E-state index contributed by atoms with van der Waals surface area (Å²) < 4.78 is 4.98. The summed E-state index contributed by atoms with van der Waals surface area (Å²) in [7, 11) is 0. The number of benzene rings is 9. The summed E-state index contributed by atoms with van der Waals surface area (Å²) in [5.74, 6) is 0. The minimum absolute atomic E-state index is 1.11. The Labute approximate surface area is 335 Å². The number of hydrogen-bond acceptors (Lipinski definition) is 2. The van der Waals surface area contributed by atoms with Gasteiger partial charge in [0.05, 0.1) is 11.0 Å². The normalized spacial score (nSPS) is 11.5. The third kappa shape index (κ3) is 5.88. The van der Waals surface area contributed by atoms with Gasteiger partial charge in [0.2, 0.25) is 0 Å². The zero-order valence-corrected chi connectivity index (χ0v) is 31.9. The van der Waals surface area contributed by atoms with Crippen LogP contribution < -0.4 is 4.90 Å². The monoisotopic (exact) mass is 744 g/mol. The van der Waals surface area contributed by atoms with Gasteiger partial charge in [-0.3, -0.25) is 0 Å². The maximum absolute atomic E-state index is 2.38. The molecule has 11 rings (SSSR count). The third-order valence-electron chi connectivity index (χ3n) is 11.2. The highest BCUT2D eigenvalue weighted by atomic mass is 32.1. The molecule has 0 amide bonds. The van der Waals surface area contributed by atoms with E-state index in [0.717, 1.165) is 22.7 Å². The highest BCUT2D eigenvalue weighted by molar-refractivity contribution is 7.25. The number of thiophene rings is 1. The van der Waals surface area contributed by atoms with Crippen molar-refractivity contribution in [1.29, 1.82) is 0 Å². The first-order chi connectivity index (χ1) is 28.2. The molecule has 0 aliphatic rings. The lowest BCUT2D eigenvalue weighted by molar-refractivity contribution is 1.18. The number of para-hydroxylation sites is 2. The van der Waals surface area contributed by atoms with Crippen molar-refractivity contribution < 1.29 is 0 Å². The van der Waals surface area contributed by atoms with Crippen LogP contribution in [0, 0.1) is 0 Å². The average molecular weight is 745 g/mol. The number of rotatable bonds is 7. The van der Waals surface area contributed by atoms with Gasteiger partial charge in [-0.15, -0.1) is 11.3 Å². The van der Waals surface area contributed by atoms with E-state index in [9.17, 15) is 0 Å². The maximum Gasteiger partial charge on any atom is 0.0547 e. The summed E-state index contributed by atoms with van der Waals surface area (Å²) in [4.78, 5) is 2.38. The summed E-state index contributed by atoms with van der Waals surface area (Å²) in [6, 6.07) is 79.3. The molecule has 268 valence electrons. The van der Waals surface area contributed by atoms with Crippen LogP contribution in [0.2, 0.25) is 0 Å². The summed E-state index contributed by atoms with van der Waals surface area (Å²) in [6.45, 7) is 0. The number of nitrogens with zero attached hydrogens (tertiary/aromatic N) is 2. The van der Waals surface area contributed by atoms with Gasteiger partial charge in [-0.25, -0.2) is 0 Å². The molecule has 0 aliphatic carbocycles. The maximum atomic E-state index is 2.38. The first kappa shape index (κ1) is 33.2. The molecular formula is C54H36N2S. The first-order valence-electron chi connectivity index (χ1n) is 19.4. The van der Waals surface area contributed by atoms with Crippen LogP contribution in [0.25, 0.3) is 81.0 Å². The van der Waals surface area contributed by atoms with E-state index in [1.807, 2.05) is 11.3 Å². The van der Waals surface area contributed by atoms with Gasteiger partial charge in [-0.05, 0) is 100 Å². The molecule has 2 heterocycles. The molecular weight excluding hydrogens is 709 g/mol. The van der Waals surface area contributed by atoms with Crippen LogP contribution in [0.15, 0.2) is 218 Å². The molecule has 0 fully saturated rings. The fourth-order valence-corrected chi connectivity index (χ4v) is 9.54. The van der Waals surface area contributed by atoms with E-state index in [1.54, 1.807) is 0 Å². The van der Waals surface area contributed by atoms with Crippen molar-refractivity contribution in [3.8, 4) is 39.1 Å². The minimum Gasteiger partial charge on any atom is -0.310 e. The van der Waals surface area contributed by atoms with Gasteiger partial charge >= 0.3 is 0 Å². The smallest absolute Gasteiger partial charge is 0.0547 e. The van der Waals surface area contributed by atoms with E-state index in [4.69, 9.17) is 0 Å². The van der Waals surface area contributed by atoms with E-state index < -0.39 is 0 Å². The molecule has 11 aromatic rings. The molecule has 9 aromatic carbocycles. The highest BCUT2D eigenvalue weighted by Gasteiger charge is 2.17. The predicted molar refractivity (Wildman–Crippen MR) is 245 cm³/mol. The Kier molecular flexibility index (Phi) is 8.04. The lowest BCUT2D eigenvalue weighted by Gasteiger charge is -2.26. The van der Waals surface area contributed by atoms with Gasteiger partial charge in [0.1, 0.15) is 0 Å². The SMILES string of the molecule is c1ccc(-c2ccc(-c3ccc(N(c4ccc(-c5ccc6c7ccccc7n(-c7ccccc7)c6c5)cc4)c4ccc5c(c4)sc4ccccc45)cc3)cc2)cc1. The molecule has 0 unspecified atom stereocenters. The molecule has 2 aromatic heterocycles. The second-order valence-corrected chi connectivity index (χ2v) is 15.7. The van der Waals surface area contributed by atoms with Crippen LogP contribution >= 0.6 is 11.3 Å². The molecule has 0 N–H and O–H groups in total. The molecule has 0 bridgehead atoms. The molecule has 3 heteroatoms. The van der Waals surface area contributed by atoms with Gasteiger partial charge in [0.25, 0.3) is 0 Å². The largest absolute Gasteiger partial charge is 0.310 e. The van der Waals surface area contributed by atoms with E-state index in [-0.39, 0.29) is 0 Å². The van der Waals surface area contributed by atoms with E-state index in [1.165, 1.54) is 75.4 Å². The van der Waals surface area contributed by atoms with Crippen LogP contribution in [0.1, 0.15) is 0 Å². The van der Waals surface area contributed by atoms with Crippen LogP contribution in [0.5, 0.6) is 0 Å². The van der Waals surface area contributed by atoms with Crippen LogP contribution in [-0.2, 0) is 0 Å². The Morgan fingerprint density at radius 1 is 0.298 bits per heavy atom. The fraction of sp³-hybridized carbons (Fsp3) is 0. The Morgan fingerprint density at radius 2 is 0.754 bits per heavy atom. The van der Waals surface area contributed by atoms with Gasteiger partial charge in [0, 0.05) is 53.7 Å². The number of anilines is 3. The first-order valence-corrected chi connectivity index (χ1v) is 20.2. The molecule has 0 radical (unpaired) electrons. The van der Waals surface area contributed by atoms with Crippen molar-refractivity contribution in [2.24, 2.45) is 0 Å². The zero-order chi connectivity index (χ0) is 37.7. The third-order valence-corrected chi connectivity index (χ3v) is 12.4. The number of hydrogen-bond donors (Lipinski definition) is 0. The summed E-state index contributed by atoms with van der Waals surface area (Å²) >= 11 is 1.86. The molecule has 0 saturated carbocycles. The van der Waals surface area contributed by atoms with E-state index in [2.05, 4.69) is 228 Å². The van der Waals surface area contributed by atoms with Crippen LogP contribution in [-0.4, -0.2) is 4.57 Å². The van der Waals surface area contributed by atoms with Gasteiger partial charge < -0.3 is 9.47 Å². The summed E-state index contributed by atoms with van der Waals surface area (Å²) in [5, 5.41) is 5.13. The number of aromatic nitrogens is 1. The molecule has 0 aliphatic heterocycles. The van der Waals surface area contributed by atoms with Crippen molar-refractivity contribution in [1.82, 2.24) is 4.57 Å². The van der Waals surface area contributed by atoms with Crippen LogP contribution in [0.4, 0.5) is 17.1 Å². The lowest BCUT2D eigenvalue weighted by Crippen LogP contribution is -2.09. The van der Waals surface area contributed by atoms with Crippen molar-refractivity contribution in [2.75, 3.05) is 4.90 Å². The molecule has 0 spiro atoms. The van der Waals surface area contributed by atoms with Gasteiger partial charge in [0.15, 0.2) is 0 Å². The van der Waals surface area contributed by atoms with Crippen molar-refractivity contribution >= 4 is 70.4 Å². The highest BCUT2D eigenvalue weighted by Crippen LogP contribution is 2.42. The number of fused-ring (bicyclic) bond motifs is 6. The second kappa shape index (κ2) is 13.8. The second-order valence-electron chi connectivity index (χ2n) is 14.6. The topological polar surface area (TPSA) is 8.17 Å². The van der Waals surface area contributed by atoms with E-state index >= 15 is 0 Å². The zero-order valence-electron chi connectivity index (χ0n) is 31.1. The van der Waals surface area contributed by atoms with Crippen molar-refractivity contribution in [2.45, 2.75) is 0 Å². The predicted octanol–water partition coefficient (Wildman–Crippen LogP) is 15.6. The van der Waals surface area contributed by atoms with E-state index in [0.29, 0.717) is 0 Å². The fourth-order valence-electron chi connectivity index (χ4n) is 8.40. The molecule has 0 atom stereocenters. The van der Waals surface area contributed by atoms with Crippen molar-refractivity contribution in [3.63, 3.8) is 0 Å². The quantitative estimate of drug-likeness (QED) is 0.158. The lowest BCUT2D eigenvalue weighted by atomic mass is 10.00. The standard InChI is InChI=1S/C54H36N2S/c1-3-11-37(12-4-1)38-19-21-39(22-20-38)40-23-28-44(29-24-40)55(46-32-34-50-49-16-8-10-18-53(49)57-54(50)36-46)45-30-25-41(26-31-45)42-27-33-48-47-15-7-9-17-51(47)56(52(48)35-42)43-13-5-2-6-14-43/h1-36H. The van der Waals surface area contributed by atoms with Crippen LogP contribution in [0.3, 0.4) is 0 Å². The molecule has 0 saturated heterocycles. The Bertz CT molecular complexity index is 3200. The Hall–Kier alpha value is -7.20. The van der Waals surface area contributed by atoms with Gasteiger partial charge in [-0.2, -0.15) is 0 Å². The average Bonchev–Trinajstić information content (AvgIpc) is 3.83. The van der Waals surface area contributed by atoms with Crippen molar-refractivity contribution in [3.05, 3.63) is 218 Å². The summed E-state index contributed by atoms with van der Waals surface area (Å²) in [6.07, 6.45) is 0. The Morgan fingerprint density at radius 3 is 1.44 bits per heavy atom. The Balaban J connectivity index is 0.984. The summed E-state index contributed by atoms with van der Waals surface area (Å²) in [5.41, 5.74) is 14.2.